The maximum Gasteiger partial charge on any atom is 0.0551 e. The van der Waals surface area contributed by atoms with E-state index in [9.17, 15) is 0 Å². The number of halogens is 1. The molecule has 0 fully saturated rings. The van der Waals surface area contributed by atoms with E-state index in [0.29, 0.717) is 0 Å². The van der Waals surface area contributed by atoms with Crippen LogP contribution in [-0.4, -0.2) is 4.98 Å². The summed E-state index contributed by atoms with van der Waals surface area (Å²) in [5.41, 5.74) is 2.38. The molecule has 2 rings (SSSR count). The Morgan fingerprint density at radius 1 is 1.14 bits per heavy atom. The number of anilines is 1. The largest absolute Gasteiger partial charge is 0.379 e. The summed E-state index contributed by atoms with van der Waals surface area (Å²) in [5.74, 6) is 0. The maximum absolute atomic E-state index is 3.38. The molecule has 0 spiro atoms. The number of hydrogen-bond acceptors (Lipinski definition) is 1. The van der Waals surface area contributed by atoms with E-state index in [4.69, 9.17) is 0 Å². The van der Waals surface area contributed by atoms with Crippen molar-refractivity contribution in [3.05, 3.63) is 51.9 Å². The van der Waals surface area contributed by atoms with Crippen LogP contribution in [0.25, 0.3) is 0 Å². The number of aromatic nitrogens is 1. The van der Waals surface area contributed by atoms with Crippen molar-refractivity contribution < 1.29 is 0 Å². The van der Waals surface area contributed by atoms with Crippen LogP contribution in [0.4, 0.5) is 5.69 Å². The Morgan fingerprint density at radius 2 is 2.00 bits per heavy atom. The van der Waals surface area contributed by atoms with Gasteiger partial charge in [-0.1, -0.05) is 12.1 Å². The van der Waals surface area contributed by atoms with Crippen LogP contribution in [0.3, 0.4) is 0 Å². The summed E-state index contributed by atoms with van der Waals surface area (Å²) in [4.78, 5) is 3.16. The monoisotopic (exact) mass is 298 g/mol. The van der Waals surface area contributed by atoms with Gasteiger partial charge in [0.2, 0.25) is 0 Å². The van der Waals surface area contributed by atoms with Crippen LogP contribution in [0.5, 0.6) is 0 Å². The third-order valence-electron chi connectivity index (χ3n) is 2.01. The fourth-order valence-corrected chi connectivity index (χ4v) is 1.85. The van der Waals surface area contributed by atoms with Gasteiger partial charge < -0.3 is 10.3 Å². The Labute approximate surface area is 96.9 Å². The second kappa shape index (κ2) is 4.50. The van der Waals surface area contributed by atoms with Crippen LogP contribution in [-0.2, 0) is 6.54 Å². The molecule has 1 heterocycles. The van der Waals surface area contributed by atoms with Gasteiger partial charge in [0.15, 0.2) is 0 Å². The number of para-hydroxylation sites is 1. The summed E-state index contributed by atoms with van der Waals surface area (Å²) in [6.45, 7) is 0.840. The minimum atomic E-state index is 0.840. The fourth-order valence-electron chi connectivity index (χ4n) is 1.27. The Bertz CT molecular complexity index is 395. The predicted octanol–water partition coefficient (Wildman–Crippen LogP) is 3.23. The third-order valence-corrected chi connectivity index (χ3v) is 2.95. The SMILES string of the molecule is Ic1ccccc1NCc1ccc[nH]1. The van der Waals surface area contributed by atoms with Crippen LogP contribution in [0.2, 0.25) is 0 Å². The molecule has 2 N–H and O–H groups in total. The van der Waals surface area contributed by atoms with Gasteiger partial charge in [-0.2, -0.15) is 0 Å². The molecule has 14 heavy (non-hydrogen) atoms. The molecule has 2 nitrogen and oxygen atoms in total. The van der Waals surface area contributed by atoms with Gasteiger partial charge in [0.1, 0.15) is 0 Å². The number of H-pyrrole nitrogens is 1. The molecule has 0 bridgehead atoms. The number of nitrogens with one attached hydrogen (secondary N) is 2. The van der Waals surface area contributed by atoms with Gasteiger partial charge in [-0.05, 0) is 46.9 Å². The first-order valence-electron chi connectivity index (χ1n) is 4.47. The minimum absolute atomic E-state index is 0.840. The molecule has 1 aromatic heterocycles. The highest BCUT2D eigenvalue weighted by Gasteiger charge is 1.97. The first kappa shape index (κ1) is 9.58. The van der Waals surface area contributed by atoms with E-state index in [-0.39, 0.29) is 0 Å². The van der Waals surface area contributed by atoms with Crippen molar-refractivity contribution in [1.29, 1.82) is 0 Å². The molecule has 0 saturated carbocycles. The number of aromatic amines is 1. The van der Waals surface area contributed by atoms with Crippen molar-refractivity contribution in [2.45, 2.75) is 6.54 Å². The molecule has 0 atom stereocenters. The van der Waals surface area contributed by atoms with Gasteiger partial charge in [-0.3, -0.25) is 0 Å². The Kier molecular flexibility index (Phi) is 3.08. The molecule has 0 saturated heterocycles. The second-order valence-corrected chi connectivity index (χ2v) is 4.19. The van der Waals surface area contributed by atoms with Crippen molar-refractivity contribution in [1.82, 2.24) is 4.98 Å². The molecular formula is C11H11IN2. The normalized spacial score (nSPS) is 10.1. The summed E-state index contributed by atoms with van der Waals surface area (Å²) in [7, 11) is 0. The molecule has 0 unspecified atom stereocenters. The van der Waals surface area contributed by atoms with Crippen molar-refractivity contribution in [3.63, 3.8) is 0 Å². The van der Waals surface area contributed by atoms with Gasteiger partial charge >= 0.3 is 0 Å². The van der Waals surface area contributed by atoms with Gasteiger partial charge in [0.05, 0.1) is 6.54 Å². The molecule has 0 aliphatic heterocycles. The van der Waals surface area contributed by atoms with Crippen molar-refractivity contribution >= 4 is 28.3 Å². The Balaban J connectivity index is 2.02. The number of benzene rings is 1. The van der Waals surface area contributed by atoms with Crippen LogP contribution < -0.4 is 5.32 Å². The van der Waals surface area contributed by atoms with Gasteiger partial charge in [0.25, 0.3) is 0 Å². The standard InChI is InChI=1S/C11H11IN2/c12-10-5-1-2-6-11(10)14-8-9-4-3-7-13-9/h1-7,13-14H,8H2. The van der Waals surface area contributed by atoms with E-state index in [2.05, 4.69) is 51.1 Å². The molecule has 1 aromatic carbocycles. The molecule has 3 heteroatoms. The van der Waals surface area contributed by atoms with Crippen molar-refractivity contribution in [3.8, 4) is 0 Å². The summed E-state index contributed by atoms with van der Waals surface area (Å²) in [6, 6.07) is 12.3. The first-order valence-corrected chi connectivity index (χ1v) is 5.55. The van der Waals surface area contributed by atoms with E-state index in [1.54, 1.807) is 0 Å². The average molecular weight is 298 g/mol. The lowest BCUT2D eigenvalue weighted by atomic mass is 10.3. The van der Waals surface area contributed by atoms with E-state index >= 15 is 0 Å². The van der Waals surface area contributed by atoms with Crippen molar-refractivity contribution in [2.75, 3.05) is 5.32 Å². The van der Waals surface area contributed by atoms with E-state index in [1.807, 2.05) is 24.4 Å². The zero-order chi connectivity index (χ0) is 9.80. The third kappa shape index (κ3) is 2.29. The lowest BCUT2D eigenvalue weighted by molar-refractivity contribution is 1.07. The second-order valence-electron chi connectivity index (χ2n) is 3.03. The van der Waals surface area contributed by atoms with E-state index in [0.717, 1.165) is 6.54 Å². The molecule has 72 valence electrons. The quantitative estimate of drug-likeness (QED) is 0.837. The van der Waals surface area contributed by atoms with E-state index in [1.165, 1.54) is 15.0 Å². The van der Waals surface area contributed by atoms with E-state index < -0.39 is 0 Å². The van der Waals surface area contributed by atoms with Crippen LogP contribution in [0.1, 0.15) is 5.69 Å². The summed E-state index contributed by atoms with van der Waals surface area (Å²) < 4.78 is 1.25. The highest BCUT2D eigenvalue weighted by Crippen LogP contribution is 2.17. The molecule has 0 aliphatic rings. The first-order chi connectivity index (χ1) is 6.86. The number of hydrogen-bond donors (Lipinski definition) is 2. The summed E-state index contributed by atoms with van der Waals surface area (Å²) >= 11 is 2.33. The molecule has 0 aliphatic carbocycles. The average Bonchev–Trinajstić information content (AvgIpc) is 2.69. The summed E-state index contributed by atoms with van der Waals surface area (Å²) in [6.07, 6.45) is 1.94. The molecular weight excluding hydrogens is 287 g/mol. The summed E-state index contributed by atoms with van der Waals surface area (Å²) in [5, 5.41) is 3.38. The fraction of sp³-hybridized carbons (Fsp3) is 0.0909. The minimum Gasteiger partial charge on any atom is -0.379 e. The topological polar surface area (TPSA) is 27.8 Å². The van der Waals surface area contributed by atoms with Gasteiger partial charge in [-0.15, -0.1) is 0 Å². The van der Waals surface area contributed by atoms with Gasteiger partial charge in [-0.25, -0.2) is 0 Å². The lowest BCUT2D eigenvalue weighted by Gasteiger charge is -2.06. The number of rotatable bonds is 3. The smallest absolute Gasteiger partial charge is 0.0551 e. The predicted molar refractivity (Wildman–Crippen MR) is 67.3 cm³/mol. The Morgan fingerprint density at radius 3 is 2.71 bits per heavy atom. The van der Waals surface area contributed by atoms with Crippen LogP contribution in [0.15, 0.2) is 42.6 Å². The van der Waals surface area contributed by atoms with Gasteiger partial charge in [0, 0.05) is 21.1 Å². The molecule has 0 radical (unpaired) electrons. The zero-order valence-corrected chi connectivity index (χ0v) is 9.78. The van der Waals surface area contributed by atoms with Crippen molar-refractivity contribution in [2.24, 2.45) is 0 Å². The maximum atomic E-state index is 3.38. The molecule has 2 aromatic rings. The molecule has 0 amide bonds. The Hall–Kier alpha value is -0.970. The van der Waals surface area contributed by atoms with Crippen LogP contribution >= 0.6 is 22.6 Å². The zero-order valence-electron chi connectivity index (χ0n) is 7.63. The lowest BCUT2D eigenvalue weighted by Crippen LogP contribution is -2.00. The van der Waals surface area contributed by atoms with Crippen LogP contribution in [0, 0.1) is 3.57 Å². The highest BCUT2D eigenvalue weighted by atomic mass is 127. The highest BCUT2D eigenvalue weighted by molar-refractivity contribution is 14.1.